The van der Waals surface area contributed by atoms with Gasteiger partial charge in [0.05, 0.1) is 6.54 Å². The minimum Gasteiger partial charge on any atom is -0.348 e. The lowest BCUT2D eigenvalue weighted by Gasteiger charge is -2.23. The first-order valence-corrected chi connectivity index (χ1v) is 7.90. The highest BCUT2D eigenvalue weighted by molar-refractivity contribution is 7.09. The summed E-state index contributed by atoms with van der Waals surface area (Å²) in [6.45, 7) is 2.74. The van der Waals surface area contributed by atoms with Crippen molar-refractivity contribution in [2.24, 2.45) is 0 Å². The number of carbonyl (C=O) groups excluding carboxylic acids is 1. The van der Waals surface area contributed by atoms with E-state index in [1.807, 2.05) is 29.0 Å². The summed E-state index contributed by atoms with van der Waals surface area (Å²) in [7, 11) is 0. The van der Waals surface area contributed by atoms with Crippen LogP contribution in [0.15, 0.2) is 35.8 Å². The van der Waals surface area contributed by atoms with Gasteiger partial charge in [-0.05, 0) is 49.5 Å². The van der Waals surface area contributed by atoms with Crippen molar-refractivity contribution in [2.75, 3.05) is 13.1 Å². The summed E-state index contributed by atoms with van der Waals surface area (Å²) in [4.78, 5) is 13.6. The van der Waals surface area contributed by atoms with Crippen LogP contribution in [0.5, 0.6) is 0 Å². The van der Waals surface area contributed by atoms with E-state index in [-0.39, 0.29) is 18.3 Å². The molecule has 0 unspecified atom stereocenters. The number of hydrogen-bond donors (Lipinski definition) is 2. The monoisotopic (exact) mass is 325 g/mol. The van der Waals surface area contributed by atoms with E-state index in [1.165, 1.54) is 4.88 Å². The Morgan fingerprint density at radius 3 is 2.86 bits per heavy atom. The van der Waals surface area contributed by atoms with Crippen LogP contribution in [0.3, 0.4) is 0 Å². The van der Waals surface area contributed by atoms with Crippen molar-refractivity contribution in [1.29, 1.82) is 0 Å². The first-order chi connectivity index (χ1) is 9.83. The van der Waals surface area contributed by atoms with Crippen LogP contribution in [0.25, 0.3) is 0 Å². The molecule has 0 aliphatic carbocycles. The molecule has 114 valence electrons. The van der Waals surface area contributed by atoms with Gasteiger partial charge >= 0.3 is 0 Å². The fourth-order valence-electron chi connectivity index (χ4n) is 2.55. The summed E-state index contributed by atoms with van der Waals surface area (Å²) in [6, 6.07) is 8.26. The molecular formula is C15H20ClN3OS. The van der Waals surface area contributed by atoms with Gasteiger partial charge in [0.2, 0.25) is 0 Å². The molecule has 6 heteroatoms. The zero-order valence-corrected chi connectivity index (χ0v) is 13.4. The zero-order chi connectivity index (χ0) is 13.8. The van der Waals surface area contributed by atoms with E-state index >= 15 is 0 Å². The lowest BCUT2D eigenvalue weighted by atomic mass is 10.1. The molecule has 3 rings (SSSR count). The second-order valence-electron chi connectivity index (χ2n) is 5.10. The topological polar surface area (TPSA) is 46.1 Å². The lowest BCUT2D eigenvalue weighted by Crippen LogP contribution is -2.43. The highest BCUT2D eigenvalue weighted by atomic mass is 35.5. The second kappa shape index (κ2) is 7.64. The van der Waals surface area contributed by atoms with Crippen molar-refractivity contribution in [3.05, 3.63) is 46.4 Å². The van der Waals surface area contributed by atoms with Gasteiger partial charge in [-0.1, -0.05) is 6.07 Å². The van der Waals surface area contributed by atoms with Gasteiger partial charge in [-0.25, -0.2) is 0 Å². The van der Waals surface area contributed by atoms with E-state index in [1.54, 1.807) is 11.3 Å². The van der Waals surface area contributed by atoms with E-state index in [2.05, 4.69) is 22.1 Å². The quantitative estimate of drug-likeness (QED) is 0.907. The SMILES string of the molecule is Cl.O=C(NC1CCNCC1)c1cccn1Cc1cccs1. The Morgan fingerprint density at radius 2 is 2.14 bits per heavy atom. The first kappa shape index (κ1) is 16.1. The largest absolute Gasteiger partial charge is 0.348 e. The van der Waals surface area contributed by atoms with Crippen LogP contribution in [-0.2, 0) is 6.54 Å². The summed E-state index contributed by atoms with van der Waals surface area (Å²) in [5, 5.41) is 8.52. The molecule has 1 amide bonds. The Bertz CT molecular complexity index is 561. The molecule has 1 saturated heterocycles. The number of rotatable bonds is 4. The Kier molecular flexibility index (Phi) is 5.85. The minimum atomic E-state index is 0. The summed E-state index contributed by atoms with van der Waals surface area (Å²) in [6.07, 6.45) is 3.99. The Labute approximate surface area is 135 Å². The normalized spacial score (nSPS) is 15.4. The van der Waals surface area contributed by atoms with Crippen molar-refractivity contribution in [2.45, 2.75) is 25.4 Å². The van der Waals surface area contributed by atoms with Gasteiger partial charge in [-0.2, -0.15) is 0 Å². The fraction of sp³-hybridized carbons (Fsp3) is 0.400. The van der Waals surface area contributed by atoms with Gasteiger partial charge in [-0.3, -0.25) is 4.79 Å². The van der Waals surface area contributed by atoms with Gasteiger partial charge in [0.25, 0.3) is 5.91 Å². The van der Waals surface area contributed by atoms with Crippen molar-refractivity contribution in [3.63, 3.8) is 0 Å². The van der Waals surface area contributed by atoms with E-state index in [9.17, 15) is 4.79 Å². The molecule has 3 heterocycles. The van der Waals surface area contributed by atoms with Crippen LogP contribution in [0.2, 0.25) is 0 Å². The van der Waals surface area contributed by atoms with Crippen molar-refractivity contribution in [3.8, 4) is 0 Å². The predicted octanol–water partition coefficient (Wildman–Crippen LogP) is 2.50. The highest BCUT2D eigenvalue weighted by Gasteiger charge is 2.18. The van der Waals surface area contributed by atoms with E-state index < -0.39 is 0 Å². The number of hydrogen-bond acceptors (Lipinski definition) is 3. The number of halogens is 1. The van der Waals surface area contributed by atoms with Gasteiger partial charge in [0.15, 0.2) is 0 Å². The maximum atomic E-state index is 12.4. The Balaban J connectivity index is 0.00000161. The third-order valence-electron chi connectivity index (χ3n) is 3.64. The van der Waals surface area contributed by atoms with Crippen LogP contribution < -0.4 is 10.6 Å². The van der Waals surface area contributed by atoms with Gasteiger partial charge < -0.3 is 15.2 Å². The molecule has 2 aromatic heterocycles. The Hall–Kier alpha value is -1.30. The van der Waals surface area contributed by atoms with Gasteiger partial charge in [-0.15, -0.1) is 23.7 Å². The highest BCUT2D eigenvalue weighted by Crippen LogP contribution is 2.13. The molecule has 0 radical (unpaired) electrons. The standard InChI is InChI=1S/C15H19N3OS.ClH/c19-15(17-12-5-7-16-8-6-12)14-4-1-9-18(14)11-13-3-2-10-20-13;/h1-4,9-10,12,16H,5-8,11H2,(H,17,19);1H. The number of nitrogens with one attached hydrogen (secondary N) is 2. The van der Waals surface area contributed by atoms with Crippen molar-refractivity contribution < 1.29 is 4.79 Å². The maximum Gasteiger partial charge on any atom is 0.268 e. The molecule has 4 nitrogen and oxygen atoms in total. The van der Waals surface area contributed by atoms with E-state index in [4.69, 9.17) is 0 Å². The van der Waals surface area contributed by atoms with Crippen LogP contribution in [-0.4, -0.2) is 29.6 Å². The van der Waals surface area contributed by atoms with Gasteiger partial charge in [0, 0.05) is 17.1 Å². The number of piperidine rings is 1. The summed E-state index contributed by atoms with van der Waals surface area (Å²) in [5.74, 6) is 0.0402. The third kappa shape index (κ3) is 4.09. The zero-order valence-electron chi connectivity index (χ0n) is 11.7. The van der Waals surface area contributed by atoms with Crippen molar-refractivity contribution in [1.82, 2.24) is 15.2 Å². The lowest BCUT2D eigenvalue weighted by molar-refractivity contribution is 0.0920. The molecule has 2 aromatic rings. The molecular weight excluding hydrogens is 306 g/mol. The fourth-order valence-corrected chi connectivity index (χ4v) is 3.26. The number of thiophene rings is 1. The first-order valence-electron chi connectivity index (χ1n) is 7.02. The third-order valence-corrected chi connectivity index (χ3v) is 4.50. The average Bonchev–Trinajstić information content (AvgIpc) is 3.12. The Morgan fingerprint density at radius 1 is 1.33 bits per heavy atom. The van der Waals surface area contributed by atoms with Crippen LogP contribution in [0, 0.1) is 0 Å². The number of carbonyl (C=O) groups is 1. The van der Waals surface area contributed by atoms with E-state index in [0.717, 1.165) is 38.2 Å². The van der Waals surface area contributed by atoms with Gasteiger partial charge in [0.1, 0.15) is 5.69 Å². The smallest absolute Gasteiger partial charge is 0.268 e. The van der Waals surface area contributed by atoms with Crippen LogP contribution in [0.1, 0.15) is 28.2 Å². The molecule has 0 spiro atoms. The molecule has 0 aromatic carbocycles. The summed E-state index contributed by atoms with van der Waals surface area (Å²) >= 11 is 1.72. The molecule has 2 N–H and O–H groups in total. The summed E-state index contributed by atoms with van der Waals surface area (Å²) in [5.41, 5.74) is 0.747. The second-order valence-corrected chi connectivity index (χ2v) is 6.13. The molecule has 0 atom stereocenters. The molecule has 21 heavy (non-hydrogen) atoms. The molecule has 1 aliphatic heterocycles. The number of amides is 1. The molecule has 0 saturated carbocycles. The van der Waals surface area contributed by atoms with E-state index in [0.29, 0.717) is 6.04 Å². The predicted molar refractivity (Wildman–Crippen MR) is 88.5 cm³/mol. The maximum absolute atomic E-state index is 12.4. The van der Waals surface area contributed by atoms with Crippen molar-refractivity contribution >= 4 is 29.7 Å². The minimum absolute atomic E-state index is 0. The number of aromatic nitrogens is 1. The average molecular weight is 326 g/mol. The number of nitrogens with zero attached hydrogens (tertiary/aromatic N) is 1. The molecule has 1 fully saturated rings. The summed E-state index contributed by atoms with van der Waals surface area (Å²) < 4.78 is 2.02. The molecule has 1 aliphatic rings. The molecule has 0 bridgehead atoms. The van der Waals surface area contributed by atoms with Crippen LogP contribution in [0.4, 0.5) is 0 Å². The van der Waals surface area contributed by atoms with Crippen LogP contribution >= 0.6 is 23.7 Å².